The van der Waals surface area contributed by atoms with E-state index < -0.39 is 0 Å². The Labute approximate surface area is 305 Å². The molecule has 0 fully saturated rings. The number of benzene rings is 6. The van der Waals surface area contributed by atoms with Gasteiger partial charge in [-0.15, -0.1) is 0 Å². The van der Waals surface area contributed by atoms with Crippen molar-refractivity contribution in [2.45, 2.75) is 6.92 Å². The lowest BCUT2D eigenvalue weighted by atomic mass is 10.0. The van der Waals surface area contributed by atoms with E-state index in [1.165, 1.54) is 6.21 Å². The summed E-state index contributed by atoms with van der Waals surface area (Å²) >= 11 is 0. The van der Waals surface area contributed by atoms with Crippen LogP contribution in [0.3, 0.4) is 0 Å². The van der Waals surface area contributed by atoms with Gasteiger partial charge in [0, 0.05) is 56.7 Å². The monoisotopic (exact) mass is 672 g/mol. The molecule has 7 aromatic rings. The summed E-state index contributed by atoms with van der Waals surface area (Å²) in [5.41, 5.74) is 13.3. The van der Waals surface area contributed by atoms with Gasteiger partial charge in [-0.05, 0) is 108 Å². The highest BCUT2D eigenvalue weighted by atomic mass is 15.1. The summed E-state index contributed by atoms with van der Waals surface area (Å²) in [6, 6.07) is 48.8. The summed E-state index contributed by atoms with van der Waals surface area (Å²) in [4.78, 5) is 2.28. The summed E-state index contributed by atoms with van der Waals surface area (Å²) < 4.78 is 2.34. The fraction of sp³-hybridized carbons (Fsp3) is 0.0208. The molecule has 1 heterocycles. The van der Waals surface area contributed by atoms with Gasteiger partial charge in [-0.2, -0.15) is 0 Å². The highest BCUT2D eigenvalue weighted by Crippen LogP contribution is 2.42. The molecule has 7 rings (SSSR count). The van der Waals surface area contributed by atoms with Crippen molar-refractivity contribution in [1.82, 2.24) is 4.57 Å². The van der Waals surface area contributed by atoms with Crippen molar-refractivity contribution in [2.75, 3.05) is 10.2 Å². The molecule has 0 saturated carbocycles. The lowest BCUT2D eigenvalue weighted by Crippen LogP contribution is -2.10. The first-order valence-corrected chi connectivity index (χ1v) is 17.3. The van der Waals surface area contributed by atoms with Crippen LogP contribution in [0.5, 0.6) is 0 Å². The Morgan fingerprint density at radius 3 is 1.96 bits per heavy atom. The number of nitrogens with one attached hydrogen (secondary N) is 2. The Morgan fingerprint density at radius 1 is 0.712 bits per heavy atom. The van der Waals surface area contributed by atoms with E-state index in [1.54, 1.807) is 12.2 Å². The normalized spacial score (nSPS) is 11.5. The predicted octanol–water partition coefficient (Wildman–Crippen LogP) is 13.4. The third-order valence-corrected chi connectivity index (χ3v) is 9.29. The van der Waals surface area contributed by atoms with Crippen molar-refractivity contribution in [3.63, 3.8) is 0 Å². The largest absolute Gasteiger partial charge is 0.355 e. The number of nitrogens with zero attached hydrogens (tertiary/aromatic N) is 2. The molecule has 0 unspecified atom stereocenters. The molecular formula is C48H40N4. The molecule has 0 aliphatic carbocycles. The van der Waals surface area contributed by atoms with Crippen LogP contribution in [-0.4, -0.2) is 10.8 Å². The second-order valence-corrected chi connectivity index (χ2v) is 12.4. The second-order valence-electron chi connectivity index (χ2n) is 12.4. The third-order valence-electron chi connectivity index (χ3n) is 9.29. The highest BCUT2D eigenvalue weighted by molar-refractivity contribution is 6.14. The molecule has 0 saturated heterocycles. The molecular weight excluding hydrogens is 633 g/mol. The fourth-order valence-electron chi connectivity index (χ4n) is 6.84. The minimum atomic E-state index is 0.897. The van der Waals surface area contributed by atoms with Gasteiger partial charge in [0.1, 0.15) is 0 Å². The Kier molecular flexibility index (Phi) is 9.63. The molecule has 2 N–H and O–H groups in total. The number of fused-ring (bicyclic) bond motifs is 3. The molecule has 4 heteroatoms. The summed E-state index contributed by atoms with van der Waals surface area (Å²) in [5, 5.41) is 13.5. The van der Waals surface area contributed by atoms with E-state index in [-0.39, 0.29) is 0 Å². The van der Waals surface area contributed by atoms with Crippen molar-refractivity contribution in [1.29, 1.82) is 5.41 Å². The van der Waals surface area contributed by atoms with Crippen molar-refractivity contribution in [3.05, 3.63) is 200 Å². The molecule has 0 bridgehead atoms. The number of aromatic nitrogens is 1. The zero-order valence-electron chi connectivity index (χ0n) is 29.3. The molecule has 52 heavy (non-hydrogen) atoms. The first-order valence-electron chi connectivity index (χ1n) is 17.3. The smallest absolute Gasteiger partial charge is 0.0634 e. The van der Waals surface area contributed by atoms with Crippen LogP contribution in [0, 0.1) is 5.41 Å². The number of rotatable bonds is 12. The SMILES string of the molecule is C=C/C(=C\C=N)c1ccc(N(c2ccc(C(=C)/C=C\C)cc2)c2ccc3c(c2)c2ccc(Nc4ccccc4)c(C=C)c2n3-c2ccccc2)cc1. The maximum atomic E-state index is 7.58. The lowest BCUT2D eigenvalue weighted by molar-refractivity contribution is 1.18. The van der Waals surface area contributed by atoms with Crippen LogP contribution < -0.4 is 10.2 Å². The van der Waals surface area contributed by atoms with Gasteiger partial charge in [-0.25, -0.2) is 0 Å². The van der Waals surface area contributed by atoms with Crippen LogP contribution in [-0.2, 0) is 0 Å². The van der Waals surface area contributed by atoms with Gasteiger partial charge >= 0.3 is 0 Å². The van der Waals surface area contributed by atoms with Crippen LogP contribution >= 0.6 is 0 Å². The molecule has 0 amide bonds. The van der Waals surface area contributed by atoms with Crippen LogP contribution in [0.25, 0.3) is 44.7 Å². The average Bonchev–Trinajstić information content (AvgIpc) is 3.52. The van der Waals surface area contributed by atoms with Gasteiger partial charge in [0.15, 0.2) is 0 Å². The average molecular weight is 673 g/mol. The van der Waals surface area contributed by atoms with Crippen molar-refractivity contribution in [3.8, 4) is 5.69 Å². The first-order chi connectivity index (χ1) is 25.5. The van der Waals surface area contributed by atoms with Gasteiger partial charge in [-0.1, -0.05) is 111 Å². The Morgan fingerprint density at radius 2 is 1.35 bits per heavy atom. The van der Waals surface area contributed by atoms with E-state index in [0.717, 1.165) is 83.8 Å². The minimum Gasteiger partial charge on any atom is -0.355 e. The third kappa shape index (κ3) is 6.41. The Bertz CT molecular complexity index is 2480. The standard InChI is InChI=1S/C48H40N4/c1-5-14-34(4)36-19-23-40(24-20-36)51(41-25-21-37(22-26-41)35(6-2)31-32-49)42-27-30-47-45(33-42)44-28-29-46(50-38-15-10-8-11-16-38)43(7-3)48(44)52(47)39-17-12-9-13-18-39/h5-33,49-50H,2-4H2,1H3/b14-5-,35-31+,49-32?. The highest BCUT2D eigenvalue weighted by Gasteiger charge is 2.20. The quantitative estimate of drug-likeness (QED) is 0.100. The van der Waals surface area contributed by atoms with E-state index in [9.17, 15) is 0 Å². The minimum absolute atomic E-state index is 0.897. The Balaban J connectivity index is 1.44. The fourth-order valence-corrected chi connectivity index (χ4v) is 6.84. The number of allylic oxidation sites excluding steroid dienone is 6. The van der Waals surface area contributed by atoms with Gasteiger partial charge in [0.2, 0.25) is 0 Å². The summed E-state index contributed by atoms with van der Waals surface area (Å²) in [5.74, 6) is 0. The van der Waals surface area contributed by atoms with E-state index >= 15 is 0 Å². The summed E-state index contributed by atoms with van der Waals surface area (Å²) in [6.45, 7) is 14.5. The Hall–Kier alpha value is -6.91. The first kappa shape index (κ1) is 33.6. The van der Waals surface area contributed by atoms with E-state index in [0.29, 0.717) is 0 Å². The molecule has 1 aromatic heterocycles. The van der Waals surface area contributed by atoms with Crippen LogP contribution in [0.4, 0.5) is 28.4 Å². The number of hydrogen-bond donors (Lipinski definition) is 2. The predicted molar refractivity (Wildman–Crippen MR) is 226 cm³/mol. The van der Waals surface area contributed by atoms with Gasteiger partial charge in [-0.3, -0.25) is 0 Å². The number of anilines is 5. The van der Waals surface area contributed by atoms with Crippen molar-refractivity contribution >= 4 is 73.7 Å². The van der Waals surface area contributed by atoms with Gasteiger partial charge < -0.3 is 20.2 Å². The lowest BCUT2D eigenvalue weighted by Gasteiger charge is -2.26. The maximum absolute atomic E-state index is 7.58. The number of hydrogen-bond acceptors (Lipinski definition) is 3. The van der Waals surface area contributed by atoms with Gasteiger partial charge in [0.25, 0.3) is 0 Å². The zero-order chi connectivity index (χ0) is 36.0. The molecule has 252 valence electrons. The molecule has 0 radical (unpaired) electrons. The molecule has 6 aromatic carbocycles. The van der Waals surface area contributed by atoms with Crippen LogP contribution in [0.2, 0.25) is 0 Å². The van der Waals surface area contributed by atoms with Crippen LogP contribution in [0.1, 0.15) is 23.6 Å². The topological polar surface area (TPSA) is 44.1 Å². The van der Waals surface area contributed by atoms with E-state index in [4.69, 9.17) is 5.41 Å². The molecule has 0 atom stereocenters. The molecule has 0 spiro atoms. The zero-order valence-corrected chi connectivity index (χ0v) is 29.3. The van der Waals surface area contributed by atoms with E-state index in [1.807, 2.05) is 49.4 Å². The van der Waals surface area contributed by atoms with E-state index in [2.05, 4.69) is 150 Å². The van der Waals surface area contributed by atoms with Gasteiger partial charge in [0.05, 0.1) is 11.0 Å². The number of para-hydroxylation sites is 2. The van der Waals surface area contributed by atoms with Crippen LogP contribution in [0.15, 0.2) is 184 Å². The molecule has 0 aliphatic rings. The molecule has 4 nitrogen and oxygen atoms in total. The van der Waals surface area contributed by atoms with Crippen molar-refractivity contribution in [2.24, 2.45) is 0 Å². The second kappa shape index (κ2) is 14.9. The summed E-state index contributed by atoms with van der Waals surface area (Å²) in [7, 11) is 0. The summed E-state index contributed by atoms with van der Waals surface area (Å²) in [6.07, 6.45) is 10.8. The van der Waals surface area contributed by atoms with Crippen molar-refractivity contribution < 1.29 is 0 Å². The molecule has 0 aliphatic heterocycles. The maximum Gasteiger partial charge on any atom is 0.0634 e.